The van der Waals surface area contributed by atoms with Crippen molar-refractivity contribution in [2.45, 2.75) is 31.4 Å². The number of nitrogens with two attached hydrogens (primary N) is 1. The molecule has 0 saturated carbocycles. The maximum Gasteiger partial charge on any atom is 0.192 e. The van der Waals surface area contributed by atoms with Crippen molar-refractivity contribution >= 4 is 21.9 Å². The number of halogens is 1. The molecule has 0 bridgehead atoms. The average Bonchev–Trinajstić information content (AvgIpc) is 3.04. The van der Waals surface area contributed by atoms with Crippen molar-refractivity contribution in [2.75, 3.05) is 19.7 Å². The van der Waals surface area contributed by atoms with E-state index < -0.39 is 0 Å². The number of rotatable bonds is 3. The largest absolute Gasteiger partial charge is 0.376 e. The van der Waals surface area contributed by atoms with Crippen molar-refractivity contribution < 1.29 is 4.74 Å². The Labute approximate surface area is 128 Å². The number of ether oxygens (including phenoxy) is 1. The molecule has 2 unspecified atom stereocenters. The van der Waals surface area contributed by atoms with Crippen LogP contribution in [-0.4, -0.2) is 36.7 Å². The Morgan fingerprint density at radius 3 is 3.00 bits per heavy atom. The third kappa shape index (κ3) is 2.33. The van der Waals surface area contributed by atoms with Crippen LogP contribution in [0.25, 0.3) is 0 Å². The van der Waals surface area contributed by atoms with Crippen LogP contribution in [0, 0.1) is 0 Å². The van der Waals surface area contributed by atoms with E-state index in [1.807, 2.05) is 6.07 Å². The number of benzene rings is 1. The molecule has 0 spiro atoms. The molecule has 108 valence electrons. The quantitative estimate of drug-likeness (QED) is 0.921. The van der Waals surface area contributed by atoms with Crippen LogP contribution >= 0.6 is 15.9 Å². The number of hydrogen-bond donors (Lipinski definition) is 1. The highest BCUT2D eigenvalue weighted by molar-refractivity contribution is 9.10. The lowest BCUT2D eigenvalue weighted by atomic mass is 9.90. The van der Waals surface area contributed by atoms with Crippen LogP contribution in [-0.2, 0) is 10.3 Å². The van der Waals surface area contributed by atoms with Gasteiger partial charge in [-0.05, 0) is 31.4 Å². The van der Waals surface area contributed by atoms with Crippen LogP contribution in [0.5, 0.6) is 0 Å². The van der Waals surface area contributed by atoms with Gasteiger partial charge in [-0.25, -0.2) is 0 Å². The molecule has 0 radical (unpaired) electrons. The summed E-state index contributed by atoms with van der Waals surface area (Å²) in [6.07, 6.45) is 2.51. The summed E-state index contributed by atoms with van der Waals surface area (Å²) < 4.78 is 6.86. The molecule has 0 amide bonds. The number of aliphatic imine (C=N–C) groups is 1. The monoisotopic (exact) mass is 337 g/mol. The van der Waals surface area contributed by atoms with E-state index in [9.17, 15) is 0 Å². The molecule has 20 heavy (non-hydrogen) atoms. The fourth-order valence-corrected chi connectivity index (χ4v) is 3.79. The Balaban J connectivity index is 1.89. The fraction of sp³-hybridized carbons (Fsp3) is 0.533. The Kier molecular flexibility index (Phi) is 3.73. The zero-order valence-electron chi connectivity index (χ0n) is 11.7. The molecule has 1 fully saturated rings. The summed E-state index contributed by atoms with van der Waals surface area (Å²) in [6, 6.07) is 8.30. The van der Waals surface area contributed by atoms with Gasteiger partial charge in [-0.3, -0.25) is 4.99 Å². The molecule has 0 aliphatic carbocycles. The predicted molar refractivity (Wildman–Crippen MR) is 83.7 cm³/mol. The maximum absolute atomic E-state index is 6.13. The van der Waals surface area contributed by atoms with Crippen LogP contribution < -0.4 is 5.73 Å². The lowest BCUT2D eigenvalue weighted by Crippen LogP contribution is -2.50. The van der Waals surface area contributed by atoms with Crippen molar-refractivity contribution in [3.63, 3.8) is 0 Å². The Morgan fingerprint density at radius 2 is 2.30 bits per heavy atom. The van der Waals surface area contributed by atoms with E-state index >= 15 is 0 Å². The first kappa shape index (κ1) is 13.9. The van der Waals surface area contributed by atoms with Crippen LogP contribution in [0.2, 0.25) is 0 Å². The van der Waals surface area contributed by atoms with Crippen LogP contribution in [0.3, 0.4) is 0 Å². The molecule has 1 saturated heterocycles. The second-order valence-corrected chi connectivity index (χ2v) is 6.53. The van der Waals surface area contributed by atoms with Crippen molar-refractivity contribution in [1.29, 1.82) is 0 Å². The van der Waals surface area contributed by atoms with Gasteiger partial charge in [-0.2, -0.15) is 0 Å². The molecule has 1 aromatic carbocycles. The topological polar surface area (TPSA) is 50.8 Å². The maximum atomic E-state index is 6.13. The van der Waals surface area contributed by atoms with Crippen LogP contribution in [0.4, 0.5) is 0 Å². The van der Waals surface area contributed by atoms with Crippen LogP contribution in [0.15, 0.2) is 33.7 Å². The van der Waals surface area contributed by atoms with Gasteiger partial charge in [-0.15, -0.1) is 0 Å². The molecule has 2 atom stereocenters. The van der Waals surface area contributed by atoms with Gasteiger partial charge >= 0.3 is 0 Å². The van der Waals surface area contributed by atoms with Gasteiger partial charge in [0, 0.05) is 17.6 Å². The zero-order valence-corrected chi connectivity index (χ0v) is 13.3. The van der Waals surface area contributed by atoms with Crippen molar-refractivity contribution in [3.05, 3.63) is 34.3 Å². The highest BCUT2D eigenvalue weighted by Crippen LogP contribution is 2.37. The van der Waals surface area contributed by atoms with Gasteiger partial charge in [0.2, 0.25) is 0 Å². The van der Waals surface area contributed by atoms with Crippen molar-refractivity contribution in [3.8, 4) is 0 Å². The third-order valence-corrected chi connectivity index (χ3v) is 4.98. The summed E-state index contributed by atoms with van der Waals surface area (Å²) in [5.41, 5.74) is 7.15. The molecule has 5 heteroatoms. The molecule has 2 aliphatic heterocycles. The lowest BCUT2D eigenvalue weighted by molar-refractivity contribution is 0.0689. The molecule has 2 N–H and O–H groups in total. The second-order valence-electron chi connectivity index (χ2n) is 5.67. The van der Waals surface area contributed by atoms with E-state index in [0.717, 1.165) is 30.5 Å². The van der Waals surface area contributed by atoms with Gasteiger partial charge in [0.15, 0.2) is 5.96 Å². The highest BCUT2D eigenvalue weighted by Gasteiger charge is 2.41. The van der Waals surface area contributed by atoms with E-state index in [0.29, 0.717) is 12.5 Å². The predicted octanol–water partition coefficient (Wildman–Crippen LogP) is 2.47. The molecule has 2 aliphatic rings. The Morgan fingerprint density at radius 1 is 1.50 bits per heavy atom. The summed E-state index contributed by atoms with van der Waals surface area (Å²) in [5.74, 6) is 0.624. The first-order valence-corrected chi connectivity index (χ1v) is 7.85. The van der Waals surface area contributed by atoms with Crippen molar-refractivity contribution in [1.82, 2.24) is 4.90 Å². The molecule has 1 aromatic rings. The SMILES string of the molecule is CC1(c2ccccc2Br)CN=C(N)N1CC1CCCO1. The highest BCUT2D eigenvalue weighted by atomic mass is 79.9. The molecule has 0 aromatic heterocycles. The minimum absolute atomic E-state index is 0.198. The summed E-state index contributed by atoms with van der Waals surface area (Å²) >= 11 is 3.65. The molecular formula is C15H20BrN3O. The Bertz CT molecular complexity index is 528. The van der Waals surface area contributed by atoms with E-state index in [1.165, 1.54) is 5.56 Å². The standard InChI is InChI=1S/C15H20BrN3O/c1-15(12-6-2-3-7-13(12)16)10-18-14(17)19(15)9-11-5-4-8-20-11/h2-3,6-7,11H,4-5,8-10H2,1H3,(H2,17,18). The molecule has 2 heterocycles. The average molecular weight is 338 g/mol. The molecule has 4 nitrogen and oxygen atoms in total. The number of hydrogen-bond acceptors (Lipinski definition) is 4. The van der Waals surface area contributed by atoms with Crippen molar-refractivity contribution in [2.24, 2.45) is 10.7 Å². The number of nitrogens with zero attached hydrogens (tertiary/aromatic N) is 2. The van der Waals surface area contributed by atoms with Crippen LogP contribution in [0.1, 0.15) is 25.3 Å². The summed E-state index contributed by atoms with van der Waals surface area (Å²) in [4.78, 5) is 6.67. The van der Waals surface area contributed by atoms with E-state index in [-0.39, 0.29) is 11.6 Å². The lowest BCUT2D eigenvalue weighted by Gasteiger charge is -2.38. The third-order valence-electron chi connectivity index (χ3n) is 4.29. The normalized spacial score (nSPS) is 29.8. The van der Waals surface area contributed by atoms with Gasteiger partial charge in [0.25, 0.3) is 0 Å². The minimum Gasteiger partial charge on any atom is -0.376 e. The van der Waals surface area contributed by atoms with Gasteiger partial charge in [-0.1, -0.05) is 34.1 Å². The minimum atomic E-state index is -0.198. The van der Waals surface area contributed by atoms with Gasteiger partial charge in [0.05, 0.1) is 18.2 Å². The summed E-state index contributed by atoms with van der Waals surface area (Å²) in [7, 11) is 0. The second kappa shape index (κ2) is 5.37. The first-order valence-electron chi connectivity index (χ1n) is 7.05. The molecule has 3 rings (SSSR count). The summed E-state index contributed by atoms with van der Waals surface area (Å²) in [6.45, 7) is 4.56. The zero-order chi connectivity index (χ0) is 14.2. The van der Waals surface area contributed by atoms with Gasteiger partial charge < -0.3 is 15.4 Å². The summed E-state index contributed by atoms with van der Waals surface area (Å²) in [5, 5.41) is 0. The van der Waals surface area contributed by atoms with E-state index in [2.05, 4.69) is 50.9 Å². The van der Waals surface area contributed by atoms with E-state index in [4.69, 9.17) is 10.5 Å². The Hall–Kier alpha value is -1.07. The number of guanidine groups is 1. The van der Waals surface area contributed by atoms with E-state index in [1.54, 1.807) is 0 Å². The first-order chi connectivity index (χ1) is 9.61. The fourth-order valence-electron chi connectivity index (χ4n) is 3.07. The smallest absolute Gasteiger partial charge is 0.192 e. The molecular weight excluding hydrogens is 318 g/mol. The van der Waals surface area contributed by atoms with Gasteiger partial charge in [0.1, 0.15) is 0 Å².